The number of nitrogens with zero attached hydrogens (tertiary/aromatic N) is 3. The normalized spacial score (nSPS) is 18.6. The summed E-state index contributed by atoms with van der Waals surface area (Å²) in [5.41, 5.74) is 1.72. The molecule has 0 aliphatic carbocycles. The summed E-state index contributed by atoms with van der Waals surface area (Å²) in [6, 6.07) is 12.1. The van der Waals surface area contributed by atoms with Gasteiger partial charge in [0, 0.05) is 39.1 Å². The Labute approximate surface area is 219 Å². The molecule has 2 aromatic carbocycles. The van der Waals surface area contributed by atoms with E-state index < -0.39 is 23.8 Å². The molecule has 3 atom stereocenters. The standard InChI is InChI=1S/C26H30ClF2N5O3/c1-16(35)12-22-24(27)25(34(32-22)18-6-4-3-5-7-18)31-26(36)30-23-15-33(10-11-37-2)14-19(23)17-8-9-20(28)21(29)13-17/h3-9,13,16,19,23,35H,10-12,14-15H2,1-2H3,(H2,30,31,36)/t16-,19+,23-/m1/s1. The first-order valence-electron chi connectivity index (χ1n) is 12.0. The number of nitrogens with one attached hydrogen (secondary N) is 2. The summed E-state index contributed by atoms with van der Waals surface area (Å²) in [5, 5.41) is 20.4. The van der Waals surface area contributed by atoms with Crippen molar-refractivity contribution in [3.05, 3.63) is 76.4 Å². The third kappa shape index (κ3) is 6.45. The molecule has 1 saturated heterocycles. The van der Waals surface area contributed by atoms with Crippen LogP contribution in [0.1, 0.15) is 24.1 Å². The minimum Gasteiger partial charge on any atom is -0.393 e. The lowest BCUT2D eigenvalue weighted by atomic mass is 9.94. The van der Waals surface area contributed by atoms with Crippen molar-refractivity contribution in [1.29, 1.82) is 0 Å². The third-order valence-corrected chi connectivity index (χ3v) is 6.71. The van der Waals surface area contributed by atoms with Gasteiger partial charge in [0.2, 0.25) is 0 Å². The number of aliphatic hydroxyl groups is 1. The summed E-state index contributed by atoms with van der Waals surface area (Å²) in [5.74, 6) is -1.85. The Morgan fingerprint density at radius 3 is 2.65 bits per heavy atom. The Balaban J connectivity index is 1.57. The number of rotatable bonds is 9. The zero-order valence-corrected chi connectivity index (χ0v) is 21.4. The Bertz CT molecular complexity index is 1220. The average molecular weight is 534 g/mol. The van der Waals surface area contributed by atoms with Crippen LogP contribution in [0.25, 0.3) is 5.69 Å². The van der Waals surface area contributed by atoms with Crippen LogP contribution in [-0.2, 0) is 11.2 Å². The highest BCUT2D eigenvalue weighted by molar-refractivity contribution is 6.34. The van der Waals surface area contributed by atoms with Crippen molar-refractivity contribution < 1.29 is 23.4 Å². The quantitative estimate of drug-likeness (QED) is 0.387. The molecule has 0 spiro atoms. The predicted octanol–water partition coefficient (Wildman–Crippen LogP) is 3.96. The largest absolute Gasteiger partial charge is 0.393 e. The van der Waals surface area contributed by atoms with E-state index in [9.17, 15) is 18.7 Å². The van der Waals surface area contributed by atoms with Gasteiger partial charge >= 0.3 is 6.03 Å². The smallest absolute Gasteiger partial charge is 0.320 e. The summed E-state index contributed by atoms with van der Waals surface area (Å²) in [7, 11) is 1.61. The van der Waals surface area contributed by atoms with E-state index in [1.807, 2.05) is 30.3 Å². The van der Waals surface area contributed by atoms with Crippen LogP contribution in [0.3, 0.4) is 0 Å². The topological polar surface area (TPSA) is 91.7 Å². The molecule has 2 heterocycles. The van der Waals surface area contributed by atoms with Gasteiger partial charge in [-0.2, -0.15) is 5.10 Å². The predicted molar refractivity (Wildman–Crippen MR) is 137 cm³/mol. The molecule has 3 aromatic rings. The van der Waals surface area contributed by atoms with Crippen molar-refractivity contribution in [2.75, 3.05) is 38.7 Å². The highest BCUT2D eigenvalue weighted by Gasteiger charge is 2.35. The van der Waals surface area contributed by atoms with Crippen LogP contribution in [0.5, 0.6) is 0 Å². The first-order chi connectivity index (χ1) is 17.8. The van der Waals surface area contributed by atoms with Gasteiger partial charge in [0.1, 0.15) is 5.02 Å². The van der Waals surface area contributed by atoms with Crippen LogP contribution < -0.4 is 10.6 Å². The monoisotopic (exact) mass is 533 g/mol. The fraction of sp³-hybridized carbons (Fsp3) is 0.385. The molecule has 1 aliphatic rings. The summed E-state index contributed by atoms with van der Waals surface area (Å²) in [6.07, 6.45) is -0.462. The van der Waals surface area contributed by atoms with Crippen LogP contribution in [0.15, 0.2) is 48.5 Å². The molecule has 0 radical (unpaired) electrons. The second-order valence-corrected chi connectivity index (χ2v) is 9.53. The molecule has 8 nitrogen and oxygen atoms in total. The highest BCUT2D eigenvalue weighted by Crippen LogP contribution is 2.31. The van der Waals surface area contributed by atoms with Gasteiger partial charge in [-0.3, -0.25) is 10.2 Å². The molecule has 3 N–H and O–H groups in total. The molecular weight excluding hydrogens is 504 g/mol. The molecule has 1 fully saturated rings. The van der Waals surface area contributed by atoms with Gasteiger partial charge in [-0.1, -0.05) is 35.9 Å². The third-order valence-electron chi connectivity index (χ3n) is 6.31. The van der Waals surface area contributed by atoms with Crippen molar-refractivity contribution in [3.8, 4) is 5.69 Å². The summed E-state index contributed by atoms with van der Waals surface area (Å²) < 4.78 is 34.3. The molecule has 0 unspecified atom stereocenters. The van der Waals surface area contributed by atoms with Crippen LogP contribution >= 0.6 is 11.6 Å². The molecule has 37 heavy (non-hydrogen) atoms. The molecule has 198 valence electrons. The highest BCUT2D eigenvalue weighted by atomic mass is 35.5. The van der Waals surface area contributed by atoms with Gasteiger partial charge in [-0.15, -0.1) is 0 Å². The minimum atomic E-state index is -0.930. The number of methoxy groups -OCH3 is 1. The Morgan fingerprint density at radius 1 is 1.22 bits per heavy atom. The van der Waals surface area contributed by atoms with E-state index in [4.69, 9.17) is 16.3 Å². The lowest BCUT2D eigenvalue weighted by Gasteiger charge is -2.21. The maximum absolute atomic E-state index is 14.0. The summed E-state index contributed by atoms with van der Waals surface area (Å²) >= 11 is 6.59. The van der Waals surface area contributed by atoms with E-state index >= 15 is 0 Å². The van der Waals surface area contributed by atoms with Crippen LogP contribution in [0, 0.1) is 11.6 Å². The molecule has 1 aromatic heterocycles. The van der Waals surface area contributed by atoms with Gasteiger partial charge in [-0.05, 0) is 36.8 Å². The number of anilines is 1. The second kappa shape index (κ2) is 12.0. The number of ether oxygens (including phenoxy) is 1. The number of para-hydroxylation sites is 1. The number of likely N-dealkylation sites (tertiary alicyclic amines) is 1. The van der Waals surface area contributed by atoms with E-state index in [0.717, 1.165) is 6.07 Å². The number of aliphatic hydroxyl groups excluding tert-OH is 1. The summed E-state index contributed by atoms with van der Waals surface area (Å²) in [4.78, 5) is 15.3. The lowest BCUT2D eigenvalue weighted by Crippen LogP contribution is -2.42. The van der Waals surface area contributed by atoms with Crippen LogP contribution in [0.2, 0.25) is 5.02 Å². The number of hydrogen-bond donors (Lipinski definition) is 3. The second-order valence-electron chi connectivity index (χ2n) is 9.15. The maximum Gasteiger partial charge on any atom is 0.320 e. The Hall–Kier alpha value is -3.05. The number of carbonyl (C=O) groups excluding carboxylic acids is 1. The van der Waals surface area contributed by atoms with Crippen molar-refractivity contribution in [1.82, 2.24) is 20.0 Å². The van der Waals surface area contributed by atoms with E-state index in [0.29, 0.717) is 43.2 Å². The van der Waals surface area contributed by atoms with Crippen molar-refractivity contribution in [2.24, 2.45) is 0 Å². The number of carbonyl (C=O) groups is 1. The van der Waals surface area contributed by atoms with E-state index in [1.54, 1.807) is 20.1 Å². The number of benzene rings is 2. The number of amides is 2. The lowest BCUT2D eigenvalue weighted by molar-refractivity contribution is 0.159. The fourth-order valence-corrected chi connectivity index (χ4v) is 4.79. The maximum atomic E-state index is 14.0. The zero-order valence-electron chi connectivity index (χ0n) is 20.6. The van der Waals surface area contributed by atoms with Crippen molar-refractivity contribution in [2.45, 2.75) is 31.4 Å². The van der Waals surface area contributed by atoms with E-state index in [1.165, 1.54) is 10.7 Å². The van der Waals surface area contributed by atoms with E-state index in [2.05, 4.69) is 20.6 Å². The zero-order chi connectivity index (χ0) is 26.5. The van der Waals surface area contributed by atoms with Crippen LogP contribution in [-0.4, -0.2) is 71.3 Å². The molecule has 4 rings (SSSR count). The Morgan fingerprint density at radius 2 is 1.97 bits per heavy atom. The van der Waals surface area contributed by atoms with Gasteiger partial charge in [0.05, 0.1) is 30.1 Å². The molecular formula is C26H30ClF2N5O3. The van der Waals surface area contributed by atoms with Gasteiger partial charge < -0.3 is 15.2 Å². The first-order valence-corrected chi connectivity index (χ1v) is 12.4. The average Bonchev–Trinajstić information content (AvgIpc) is 3.40. The molecule has 0 bridgehead atoms. The molecule has 2 amide bonds. The number of urea groups is 1. The van der Waals surface area contributed by atoms with Crippen molar-refractivity contribution in [3.63, 3.8) is 0 Å². The number of hydrogen-bond acceptors (Lipinski definition) is 5. The van der Waals surface area contributed by atoms with Crippen LogP contribution in [0.4, 0.5) is 19.4 Å². The molecule has 0 saturated carbocycles. The van der Waals surface area contributed by atoms with Gasteiger partial charge in [0.25, 0.3) is 0 Å². The van der Waals surface area contributed by atoms with E-state index in [-0.39, 0.29) is 29.2 Å². The molecule has 11 heteroatoms. The summed E-state index contributed by atoms with van der Waals surface area (Å²) in [6.45, 7) is 3.80. The van der Waals surface area contributed by atoms with Gasteiger partial charge in [-0.25, -0.2) is 18.3 Å². The first kappa shape index (κ1) is 27.0. The SMILES string of the molecule is COCCN1C[C@@H](NC(=O)Nc2c(Cl)c(C[C@@H](C)O)nn2-c2ccccc2)[C@H](c2ccc(F)c(F)c2)C1. The number of aromatic nitrogens is 2. The number of halogens is 3. The minimum absolute atomic E-state index is 0.213. The Kier molecular flexibility index (Phi) is 8.75. The van der Waals surface area contributed by atoms with Crippen molar-refractivity contribution >= 4 is 23.4 Å². The fourth-order valence-electron chi connectivity index (χ4n) is 4.55. The molecule has 1 aliphatic heterocycles. The van der Waals surface area contributed by atoms with Gasteiger partial charge in [0.15, 0.2) is 17.5 Å².